The molecule has 3 heteroatoms. The van der Waals surface area contributed by atoms with Crippen LogP contribution in [0.15, 0.2) is 0 Å². The van der Waals surface area contributed by atoms with Gasteiger partial charge in [-0.2, -0.15) is 0 Å². The van der Waals surface area contributed by atoms with Gasteiger partial charge in [-0.3, -0.25) is 0 Å². The summed E-state index contributed by atoms with van der Waals surface area (Å²) in [6, 6.07) is 0.815. The van der Waals surface area contributed by atoms with Gasteiger partial charge in [0, 0.05) is 7.05 Å². The van der Waals surface area contributed by atoms with Crippen LogP contribution in [-0.4, -0.2) is 41.7 Å². The zero-order valence-corrected chi connectivity index (χ0v) is 5.96. The van der Waals surface area contributed by atoms with Gasteiger partial charge in [0.2, 0.25) is 6.17 Å². The van der Waals surface area contributed by atoms with Gasteiger partial charge in [0.05, 0.1) is 7.05 Å². The van der Waals surface area contributed by atoms with Crippen molar-refractivity contribution in [2.75, 3.05) is 14.1 Å². The molecule has 2 fully saturated rings. The molecular formula is C6H11N2O+. The Labute approximate surface area is 54.4 Å². The summed E-state index contributed by atoms with van der Waals surface area (Å²) in [5.74, 6) is 0. The molecule has 2 aliphatic rings. The first-order valence-corrected chi connectivity index (χ1v) is 3.23. The molecule has 0 aliphatic carbocycles. The van der Waals surface area contributed by atoms with Crippen LogP contribution in [0.5, 0.6) is 0 Å². The largest absolute Gasteiger partial charge is 0.425 e. The van der Waals surface area contributed by atoms with Gasteiger partial charge in [-0.1, -0.05) is 0 Å². The minimum atomic E-state index is 0.271. The lowest BCUT2D eigenvalue weighted by Gasteiger charge is -2.28. The fourth-order valence-electron chi connectivity index (χ4n) is 1.98. The Morgan fingerprint density at radius 3 is 2.33 bits per heavy atom. The standard InChI is InChI=1S/C6H11N2O/c1-4-5-7(2)6(9)8(4,5)3/h4-5H,1-3H3/q+1. The topological polar surface area (TPSA) is 20.3 Å². The molecule has 3 nitrogen and oxygen atoms in total. The number of amides is 2. The average Bonchev–Trinajstić information content (AvgIpc) is 2.33. The van der Waals surface area contributed by atoms with Crippen molar-refractivity contribution >= 4 is 6.03 Å². The van der Waals surface area contributed by atoms with Crippen LogP contribution in [0.2, 0.25) is 0 Å². The third kappa shape index (κ3) is 0.291. The number of carbonyl (C=O) groups excluding carboxylic acids is 1. The first kappa shape index (κ1) is 5.23. The van der Waals surface area contributed by atoms with Crippen LogP contribution in [0, 0.1) is 0 Å². The number of urea groups is 1. The summed E-state index contributed by atoms with van der Waals surface area (Å²) in [6.07, 6.45) is 0.512. The van der Waals surface area contributed by atoms with Crippen LogP contribution in [0.3, 0.4) is 0 Å². The maximum absolute atomic E-state index is 11.0. The van der Waals surface area contributed by atoms with Crippen molar-refractivity contribution in [1.82, 2.24) is 4.90 Å². The highest BCUT2D eigenvalue weighted by Gasteiger charge is 2.79. The first-order chi connectivity index (χ1) is 4.10. The van der Waals surface area contributed by atoms with Gasteiger partial charge in [-0.25, -0.2) is 14.2 Å². The second-order valence-corrected chi connectivity index (χ2v) is 3.19. The van der Waals surface area contributed by atoms with Gasteiger partial charge in [0.15, 0.2) is 6.04 Å². The molecule has 3 atom stereocenters. The summed E-state index contributed by atoms with van der Waals surface area (Å²) in [7, 11) is 3.87. The van der Waals surface area contributed by atoms with Gasteiger partial charge in [0.25, 0.3) is 0 Å². The van der Waals surface area contributed by atoms with E-state index in [1.165, 1.54) is 0 Å². The van der Waals surface area contributed by atoms with E-state index in [9.17, 15) is 4.79 Å². The van der Waals surface area contributed by atoms with Crippen LogP contribution in [-0.2, 0) is 0 Å². The lowest BCUT2D eigenvalue weighted by molar-refractivity contribution is -0.762. The second kappa shape index (κ2) is 1.01. The maximum Gasteiger partial charge on any atom is 0.425 e. The summed E-state index contributed by atoms with van der Waals surface area (Å²) in [5, 5.41) is 0. The third-order valence-corrected chi connectivity index (χ3v) is 2.85. The molecule has 50 valence electrons. The SMILES string of the molecule is CC1C2N(C)C(=O)[N+]12C. The molecule has 2 aliphatic heterocycles. The lowest BCUT2D eigenvalue weighted by atomic mass is 10.4. The zero-order valence-electron chi connectivity index (χ0n) is 5.96. The number of carbonyl (C=O) groups is 1. The molecule has 0 bridgehead atoms. The van der Waals surface area contributed by atoms with Crippen molar-refractivity contribution in [1.29, 1.82) is 0 Å². The summed E-state index contributed by atoms with van der Waals surface area (Å²) < 4.78 is 0.663. The molecule has 0 radical (unpaired) electrons. The quantitative estimate of drug-likeness (QED) is 0.337. The molecule has 2 amide bonds. The average molecular weight is 127 g/mol. The summed E-state index contributed by atoms with van der Waals surface area (Å²) in [5.41, 5.74) is 0. The number of quaternary nitrogens is 1. The molecule has 2 heterocycles. The fourth-order valence-corrected chi connectivity index (χ4v) is 1.98. The van der Waals surface area contributed by atoms with Crippen LogP contribution < -0.4 is 0 Å². The van der Waals surface area contributed by atoms with E-state index in [2.05, 4.69) is 6.92 Å². The molecule has 0 saturated carbocycles. The number of hydrogen-bond donors (Lipinski definition) is 0. The molecular weight excluding hydrogens is 116 g/mol. The second-order valence-electron chi connectivity index (χ2n) is 3.19. The van der Waals surface area contributed by atoms with Crippen molar-refractivity contribution in [3.8, 4) is 0 Å². The number of nitrogens with zero attached hydrogens (tertiary/aromatic N) is 2. The molecule has 2 rings (SSSR count). The Bertz CT molecular complexity index is 191. The molecule has 0 N–H and O–H groups in total. The highest BCUT2D eigenvalue weighted by Crippen LogP contribution is 2.49. The van der Waals surface area contributed by atoms with Gasteiger partial charge in [0.1, 0.15) is 0 Å². The normalized spacial score (nSPS) is 54.6. The Balaban J connectivity index is 2.29. The summed E-state index contributed by atoms with van der Waals surface area (Å²) >= 11 is 0. The van der Waals surface area contributed by atoms with Crippen molar-refractivity contribution in [2.24, 2.45) is 0 Å². The number of likely N-dealkylation sites (N-methyl/N-ethyl adjacent to an activating group) is 2. The zero-order chi connectivity index (χ0) is 6.81. The van der Waals surface area contributed by atoms with E-state index in [4.69, 9.17) is 0 Å². The van der Waals surface area contributed by atoms with Crippen LogP contribution in [0.1, 0.15) is 6.92 Å². The Morgan fingerprint density at radius 2 is 2.22 bits per heavy atom. The van der Waals surface area contributed by atoms with Crippen molar-refractivity contribution in [3.05, 3.63) is 0 Å². The molecule has 0 aromatic heterocycles. The van der Waals surface area contributed by atoms with Gasteiger partial charge < -0.3 is 0 Å². The van der Waals surface area contributed by atoms with E-state index in [0.29, 0.717) is 16.7 Å². The minimum Gasteiger partial charge on any atom is -0.239 e. The molecule has 0 spiro atoms. The van der Waals surface area contributed by atoms with Crippen LogP contribution in [0.4, 0.5) is 4.79 Å². The molecule has 2 saturated heterocycles. The van der Waals surface area contributed by atoms with Crippen molar-refractivity contribution in [2.45, 2.75) is 19.1 Å². The molecule has 0 aromatic carbocycles. The third-order valence-electron chi connectivity index (χ3n) is 2.85. The van der Waals surface area contributed by atoms with E-state index >= 15 is 0 Å². The van der Waals surface area contributed by atoms with Gasteiger partial charge >= 0.3 is 6.03 Å². The number of rotatable bonds is 0. The van der Waals surface area contributed by atoms with Crippen LogP contribution in [0.25, 0.3) is 0 Å². The van der Waals surface area contributed by atoms with Gasteiger partial charge in [-0.05, 0) is 6.92 Å². The van der Waals surface area contributed by atoms with Crippen LogP contribution >= 0.6 is 0 Å². The molecule has 0 aromatic rings. The maximum atomic E-state index is 11.0. The van der Waals surface area contributed by atoms with Gasteiger partial charge in [-0.15, -0.1) is 0 Å². The van der Waals surface area contributed by atoms with Crippen molar-refractivity contribution in [3.63, 3.8) is 0 Å². The number of fused-ring (bicyclic) bond motifs is 1. The monoisotopic (exact) mass is 127 g/mol. The number of hydrogen-bond acceptors (Lipinski definition) is 1. The molecule has 3 unspecified atom stereocenters. The summed E-state index contributed by atoms with van der Waals surface area (Å²) in [4.78, 5) is 12.9. The van der Waals surface area contributed by atoms with E-state index < -0.39 is 0 Å². The predicted octanol–water partition coefficient (Wildman–Crippen LogP) is 0.227. The lowest BCUT2D eigenvalue weighted by Crippen LogP contribution is -2.56. The van der Waals surface area contributed by atoms with E-state index in [1.807, 2.05) is 19.0 Å². The smallest absolute Gasteiger partial charge is 0.239 e. The van der Waals surface area contributed by atoms with E-state index in [1.54, 1.807) is 0 Å². The Hall–Kier alpha value is -0.570. The predicted molar refractivity (Wildman–Crippen MR) is 32.6 cm³/mol. The minimum absolute atomic E-state index is 0.271. The Kier molecular flexibility index (Phi) is 0.588. The summed E-state index contributed by atoms with van der Waals surface area (Å²) in [6.45, 7) is 2.12. The highest BCUT2D eigenvalue weighted by molar-refractivity contribution is 5.75. The Morgan fingerprint density at radius 1 is 1.67 bits per heavy atom. The van der Waals surface area contributed by atoms with E-state index in [0.717, 1.165) is 0 Å². The fraction of sp³-hybridized carbons (Fsp3) is 0.833. The molecule has 9 heavy (non-hydrogen) atoms. The first-order valence-electron chi connectivity index (χ1n) is 3.23. The highest BCUT2D eigenvalue weighted by atomic mass is 16.2. The van der Waals surface area contributed by atoms with Crippen molar-refractivity contribution < 1.29 is 9.28 Å². The van der Waals surface area contributed by atoms with E-state index in [-0.39, 0.29) is 6.03 Å².